The average molecular weight is 220 g/mol. The van der Waals surface area contributed by atoms with Crippen LogP contribution >= 0.6 is 0 Å². The minimum Gasteiger partial charge on any atom is -0.426 e. The van der Waals surface area contributed by atoms with Gasteiger partial charge in [-0.2, -0.15) is 0 Å². The van der Waals surface area contributed by atoms with Crippen molar-refractivity contribution in [3.63, 3.8) is 0 Å². The number of rotatable bonds is 4. The SMILES string of the molecule is CCC(C)C(=O)Oc1ccccc1C(C)=O. The maximum atomic E-state index is 11.6. The Bertz CT molecular complexity index is 396. The lowest BCUT2D eigenvalue weighted by Crippen LogP contribution is -2.18. The fraction of sp³-hybridized carbons (Fsp3) is 0.385. The first kappa shape index (κ1) is 12.4. The van der Waals surface area contributed by atoms with E-state index in [1.807, 2.05) is 6.92 Å². The van der Waals surface area contributed by atoms with Crippen molar-refractivity contribution in [1.82, 2.24) is 0 Å². The number of esters is 1. The molecule has 0 aliphatic carbocycles. The lowest BCUT2D eigenvalue weighted by molar-refractivity contribution is -0.138. The summed E-state index contributed by atoms with van der Waals surface area (Å²) in [6.07, 6.45) is 0.723. The Balaban J connectivity index is 2.89. The molecule has 0 N–H and O–H groups in total. The Morgan fingerprint density at radius 2 is 1.94 bits per heavy atom. The quantitative estimate of drug-likeness (QED) is 0.445. The normalized spacial score (nSPS) is 11.9. The van der Waals surface area contributed by atoms with Crippen LogP contribution in [0.3, 0.4) is 0 Å². The van der Waals surface area contributed by atoms with E-state index in [0.29, 0.717) is 11.3 Å². The van der Waals surface area contributed by atoms with E-state index in [9.17, 15) is 9.59 Å². The van der Waals surface area contributed by atoms with Crippen LogP contribution in [-0.2, 0) is 4.79 Å². The summed E-state index contributed by atoms with van der Waals surface area (Å²) >= 11 is 0. The zero-order valence-electron chi connectivity index (χ0n) is 9.82. The van der Waals surface area contributed by atoms with Gasteiger partial charge in [0, 0.05) is 0 Å². The molecule has 0 saturated heterocycles. The molecule has 1 unspecified atom stereocenters. The molecule has 1 aromatic rings. The predicted octanol–water partition coefficient (Wildman–Crippen LogP) is 2.84. The van der Waals surface area contributed by atoms with Gasteiger partial charge in [0.05, 0.1) is 11.5 Å². The summed E-state index contributed by atoms with van der Waals surface area (Å²) in [4.78, 5) is 22.9. The van der Waals surface area contributed by atoms with Crippen molar-refractivity contribution in [2.45, 2.75) is 27.2 Å². The molecule has 0 fully saturated rings. The Hall–Kier alpha value is -1.64. The van der Waals surface area contributed by atoms with Crippen molar-refractivity contribution >= 4 is 11.8 Å². The minimum atomic E-state index is -0.295. The minimum absolute atomic E-state index is 0.104. The van der Waals surface area contributed by atoms with Crippen molar-refractivity contribution in [3.8, 4) is 5.75 Å². The summed E-state index contributed by atoms with van der Waals surface area (Å²) in [6.45, 7) is 5.18. The smallest absolute Gasteiger partial charge is 0.314 e. The molecular weight excluding hydrogens is 204 g/mol. The maximum Gasteiger partial charge on any atom is 0.314 e. The summed E-state index contributed by atoms with van der Waals surface area (Å²) in [5.74, 6) is -0.205. The van der Waals surface area contributed by atoms with Crippen molar-refractivity contribution in [3.05, 3.63) is 29.8 Å². The van der Waals surface area contributed by atoms with Gasteiger partial charge in [-0.1, -0.05) is 26.0 Å². The molecule has 0 amide bonds. The van der Waals surface area contributed by atoms with E-state index in [4.69, 9.17) is 4.74 Å². The fourth-order valence-electron chi connectivity index (χ4n) is 1.22. The van der Waals surface area contributed by atoms with Crippen LogP contribution in [0.15, 0.2) is 24.3 Å². The van der Waals surface area contributed by atoms with Crippen molar-refractivity contribution in [2.75, 3.05) is 0 Å². The summed E-state index contributed by atoms with van der Waals surface area (Å²) in [7, 11) is 0. The molecule has 0 saturated carbocycles. The molecule has 0 spiro atoms. The average Bonchev–Trinajstić information content (AvgIpc) is 2.28. The topological polar surface area (TPSA) is 43.4 Å². The molecule has 86 valence electrons. The van der Waals surface area contributed by atoms with E-state index in [1.165, 1.54) is 6.92 Å². The molecule has 0 aliphatic heterocycles. The number of hydrogen-bond acceptors (Lipinski definition) is 3. The summed E-state index contributed by atoms with van der Waals surface area (Å²) in [5, 5.41) is 0. The summed E-state index contributed by atoms with van der Waals surface area (Å²) in [5.41, 5.74) is 0.444. The van der Waals surface area contributed by atoms with Crippen LogP contribution in [0.1, 0.15) is 37.6 Å². The number of ketones is 1. The molecule has 0 aromatic heterocycles. The predicted molar refractivity (Wildman–Crippen MR) is 61.5 cm³/mol. The number of ether oxygens (including phenoxy) is 1. The van der Waals surface area contributed by atoms with Gasteiger partial charge in [-0.05, 0) is 25.5 Å². The molecule has 1 aromatic carbocycles. The van der Waals surface area contributed by atoms with Crippen LogP contribution in [0.4, 0.5) is 0 Å². The number of benzene rings is 1. The van der Waals surface area contributed by atoms with Gasteiger partial charge in [-0.25, -0.2) is 0 Å². The second-order valence-corrected chi connectivity index (χ2v) is 3.78. The number of Topliss-reactive ketones (excluding diaryl/α,β-unsaturated/α-hetero) is 1. The Kier molecular flexibility index (Phi) is 4.23. The third kappa shape index (κ3) is 2.92. The van der Waals surface area contributed by atoms with Crippen molar-refractivity contribution < 1.29 is 14.3 Å². The number of para-hydroxylation sites is 1. The van der Waals surface area contributed by atoms with Gasteiger partial charge in [0.25, 0.3) is 0 Å². The van der Waals surface area contributed by atoms with Crippen molar-refractivity contribution in [2.24, 2.45) is 5.92 Å². The molecular formula is C13H16O3. The van der Waals surface area contributed by atoms with Crippen LogP contribution in [0, 0.1) is 5.92 Å². The zero-order valence-corrected chi connectivity index (χ0v) is 9.82. The highest BCUT2D eigenvalue weighted by Crippen LogP contribution is 2.20. The number of hydrogen-bond donors (Lipinski definition) is 0. The molecule has 0 bridgehead atoms. The molecule has 0 radical (unpaired) electrons. The Labute approximate surface area is 95.4 Å². The van der Waals surface area contributed by atoms with Gasteiger partial charge in [-0.15, -0.1) is 0 Å². The van der Waals surface area contributed by atoms with E-state index in [2.05, 4.69) is 0 Å². The molecule has 1 atom stereocenters. The van der Waals surface area contributed by atoms with E-state index >= 15 is 0 Å². The summed E-state index contributed by atoms with van der Waals surface area (Å²) < 4.78 is 5.20. The lowest BCUT2D eigenvalue weighted by Gasteiger charge is -2.10. The van der Waals surface area contributed by atoms with Crippen LogP contribution in [0.25, 0.3) is 0 Å². The van der Waals surface area contributed by atoms with Gasteiger partial charge in [0.15, 0.2) is 5.78 Å². The van der Waals surface area contributed by atoms with E-state index in [1.54, 1.807) is 31.2 Å². The molecule has 3 nitrogen and oxygen atoms in total. The van der Waals surface area contributed by atoms with Gasteiger partial charge in [0.2, 0.25) is 0 Å². The highest BCUT2D eigenvalue weighted by atomic mass is 16.5. The summed E-state index contributed by atoms with van der Waals surface area (Å²) in [6, 6.07) is 6.78. The number of carbonyl (C=O) groups excluding carboxylic acids is 2. The standard InChI is InChI=1S/C13H16O3/c1-4-9(2)13(15)16-12-8-6-5-7-11(12)10(3)14/h5-9H,4H2,1-3H3. The first-order chi connectivity index (χ1) is 7.56. The highest BCUT2D eigenvalue weighted by Gasteiger charge is 2.16. The van der Waals surface area contributed by atoms with Crippen LogP contribution < -0.4 is 4.74 Å². The largest absolute Gasteiger partial charge is 0.426 e. The van der Waals surface area contributed by atoms with Crippen LogP contribution in [0.2, 0.25) is 0 Å². The molecule has 0 aliphatic rings. The number of carbonyl (C=O) groups is 2. The second kappa shape index (κ2) is 5.45. The Morgan fingerprint density at radius 3 is 2.50 bits per heavy atom. The maximum absolute atomic E-state index is 11.6. The first-order valence-corrected chi connectivity index (χ1v) is 5.38. The van der Waals surface area contributed by atoms with Gasteiger partial charge in [0.1, 0.15) is 5.75 Å². The second-order valence-electron chi connectivity index (χ2n) is 3.78. The fourth-order valence-corrected chi connectivity index (χ4v) is 1.22. The molecule has 16 heavy (non-hydrogen) atoms. The van der Waals surface area contributed by atoms with Crippen LogP contribution in [0.5, 0.6) is 5.75 Å². The zero-order chi connectivity index (χ0) is 12.1. The highest BCUT2D eigenvalue weighted by molar-refractivity contribution is 5.97. The van der Waals surface area contributed by atoms with Crippen LogP contribution in [-0.4, -0.2) is 11.8 Å². The van der Waals surface area contributed by atoms with Crippen molar-refractivity contribution in [1.29, 1.82) is 0 Å². The molecule has 1 rings (SSSR count). The Morgan fingerprint density at radius 1 is 1.31 bits per heavy atom. The van der Waals surface area contributed by atoms with E-state index < -0.39 is 0 Å². The lowest BCUT2D eigenvalue weighted by atomic mass is 10.1. The molecule has 0 heterocycles. The van der Waals surface area contributed by atoms with E-state index in [-0.39, 0.29) is 17.7 Å². The molecule has 3 heteroatoms. The van der Waals surface area contributed by atoms with Gasteiger partial charge in [-0.3, -0.25) is 9.59 Å². The monoisotopic (exact) mass is 220 g/mol. The van der Waals surface area contributed by atoms with E-state index in [0.717, 1.165) is 6.42 Å². The first-order valence-electron chi connectivity index (χ1n) is 5.38. The van der Waals surface area contributed by atoms with Gasteiger partial charge >= 0.3 is 5.97 Å². The van der Waals surface area contributed by atoms with Gasteiger partial charge < -0.3 is 4.74 Å². The third-order valence-corrected chi connectivity index (χ3v) is 2.49. The third-order valence-electron chi connectivity index (χ3n) is 2.49.